The van der Waals surface area contributed by atoms with E-state index in [1.165, 1.54) is 5.56 Å². The van der Waals surface area contributed by atoms with E-state index in [-0.39, 0.29) is 18.0 Å². The number of nitrogens with zero attached hydrogens (tertiary/aromatic N) is 2. The van der Waals surface area contributed by atoms with Gasteiger partial charge in [-0.15, -0.1) is 0 Å². The molecule has 0 atom stereocenters. The summed E-state index contributed by atoms with van der Waals surface area (Å²) in [6.45, 7) is 7.90. The molecule has 3 amide bonds. The smallest absolute Gasteiger partial charge is 0.319 e. The van der Waals surface area contributed by atoms with Crippen LogP contribution < -0.4 is 10.6 Å². The third-order valence-corrected chi connectivity index (χ3v) is 5.26. The van der Waals surface area contributed by atoms with E-state index < -0.39 is 0 Å². The van der Waals surface area contributed by atoms with E-state index >= 15 is 0 Å². The molecule has 7 heteroatoms. The second kappa shape index (κ2) is 10.5. The van der Waals surface area contributed by atoms with Gasteiger partial charge < -0.3 is 15.5 Å². The van der Waals surface area contributed by atoms with Crippen LogP contribution in [0.2, 0.25) is 5.02 Å². The summed E-state index contributed by atoms with van der Waals surface area (Å²) in [4.78, 5) is 29.0. The minimum atomic E-state index is -0.252. The second-order valence-electron chi connectivity index (χ2n) is 7.88. The summed E-state index contributed by atoms with van der Waals surface area (Å²) in [5, 5.41) is 6.29. The monoisotopic (exact) mass is 428 g/mol. The summed E-state index contributed by atoms with van der Waals surface area (Å²) in [5.41, 5.74) is 2.52. The zero-order valence-corrected chi connectivity index (χ0v) is 18.3. The van der Waals surface area contributed by atoms with Crippen LogP contribution >= 0.6 is 11.6 Å². The van der Waals surface area contributed by atoms with Gasteiger partial charge in [-0.25, -0.2) is 4.79 Å². The standard InChI is InChI=1S/C23H29ClN4O2/c1-17(2)25-23(30)26-21-10-6-19(7-11-21)22(29)28-13-3-12-27(14-15-28)16-18-4-8-20(24)9-5-18/h4-11,17H,3,12-16H2,1-2H3,(H2,25,26,30). The molecule has 0 unspecified atom stereocenters. The van der Waals surface area contributed by atoms with Crippen molar-refractivity contribution in [1.29, 1.82) is 0 Å². The molecular formula is C23H29ClN4O2. The molecule has 1 heterocycles. The Morgan fingerprint density at radius 1 is 0.967 bits per heavy atom. The number of rotatable bonds is 5. The number of amides is 3. The van der Waals surface area contributed by atoms with Crippen molar-refractivity contribution in [3.05, 3.63) is 64.7 Å². The molecule has 3 rings (SSSR count). The Morgan fingerprint density at radius 2 is 1.67 bits per heavy atom. The first-order valence-electron chi connectivity index (χ1n) is 10.3. The highest BCUT2D eigenvalue weighted by atomic mass is 35.5. The fraction of sp³-hybridized carbons (Fsp3) is 0.391. The van der Waals surface area contributed by atoms with Crippen LogP contribution in [-0.2, 0) is 6.54 Å². The van der Waals surface area contributed by atoms with Crippen molar-refractivity contribution in [2.75, 3.05) is 31.5 Å². The number of hydrogen-bond donors (Lipinski definition) is 2. The summed E-state index contributed by atoms with van der Waals surface area (Å²) < 4.78 is 0. The Bertz CT molecular complexity index is 853. The van der Waals surface area contributed by atoms with Crippen LogP contribution in [0.15, 0.2) is 48.5 Å². The van der Waals surface area contributed by atoms with Crippen LogP contribution in [0.5, 0.6) is 0 Å². The Hall–Kier alpha value is -2.57. The Balaban J connectivity index is 1.54. The van der Waals surface area contributed by atoms with E-state index in [0.29, 0.717) is 17.8 Å². The highest BCUT2D eigenvalue weighted by Gasteiger charge is 2.20. The van der Waals surface area contributed by atoms with Gasteiger partial charge in [0.05, 0.1) is 0 Å². The van der Waals surface area contributed by atoms with Crippen molar-refractivity contribution in [2.24, 2.45) is 0 Å². The van der Waals surface area contributed by atoms with Gasteiger partial charge in [-0.2, -0.15) is 0 Å². The van der Waals surface area contributed by atoms with E-state index in [9.17, 15) is 9.59 Å². The van der Waals surface area contributed by atoms with Crippen molar-refractivity contribution in [2.45, 2.75) is 32.9 Å². The summed E-state index contributed by atoms with van der Waals surface area (Å²) in [5.74, 6) is 0.0292. The maximum atomic E-state index is 12.9. The van der Waals surface area contributed by atoms with Crippen LogP contribution in [0.1, 0.15) is 36.2 Å². The van der Waals surface area contributed by atoms with Crippen molar-refractivity contribution in [3.63, 3.8) is 0 Å². The number of benzene rings is 2. The molecule has 6 nitrogen and oxygen atoms in total. The molecule has 1 saturated heterocycles. The molecule has 160 valence electrons. The SMILES string of the molecule is CC(C)NC(=O)Nc1ccc(C(=O)N2CCCN(Cc3ccc(Cl)cc3)CC2)cc1. The quantitative estimate of drug-likeness (QED) is 0.749. The molecule has 1 aliphatic heterocycles. The summed E-state index contributed by atoms with van der Waals surface area (Å²) in [6.07, 6.45) is 0.939. The number of urea groups is 1. The largest absolute Gasteiger partial charge is 0.337 e. The second-order valence-corrected chi connectivity index (χ2v) is 8.32. The first-order chi connectivity index (χ1) is 14.4. The topological polar surface area (TPSA) is 64.7 Å². The Morgan fingerprint density at radius 3 is 2.33 bits per heavy atom. The number of halogens is 1. The molecule has 0 aliphatic carbocycles. The first kappa shape index (κ1) is 22.1. The van der Waals surface area contributed by atoms with E-state index in [0.717, 1.165) is 37.6 Å². The van der Waals surface area contributed by atoms with Gasteiger partial charge >= 0.3 is 6.03 Å². The minimum Gasteiger partial charge on any atom is -0.337 e. The van der Waals surface area contributed by atoms with Crippen LogP contribution in [0.4, 0.5) is 10.5 Å². The molecular weight excluding hydrogens is 400 g/mol. The minimum absolute atomic E-state index is 0.0292. The number of hydrogen-bond acceptors (Lipinski definition) is 3. The fourth-order valence-electron chi connectivity index (χ4n) is 3.49. The average molecular weight is 429 g/mol. The maximum Gasteiger partial charge on any atom is 0.319 e. The molecule has 30 heavy (non-hydrogen) atoms. The van der Waals surface area contributed by atoms with Gasteiger partial charge in [0, 0.05) is 55.0 Å². The van der Waals surface area contributed by atoms with Crippen LogP contribution in [0, 0.1) is 0 Å². The molecule has 0 bridgehead atoms. The molecule has 2 N–H and O–H groups in total. The van der Waals surface area contributed by atoms with Crippen molar-refractivity contribution in [1.82, 2.24) is 15.1 Å². The molecule has 1 aliphatic rings. The predicted octanol–water partition coefficient (Wildman–Crippen LogP) is 4.22. The van der Waals surface area contributed by atoms with Gasteiger partial charge in [0.25, 0.3) is 5.91 Å². The molecule has 0 aromatic heterocycles. The van der Waals surface area contributed by atoms with Crippen molar-refractivity contribution >= 4 is 29.2 Å². The molecule has 0 radical (unpaired) electrons. The molecule has 0 spiro atoms. The molecule has 2 aromatic rings. The van der Waals surface area contributed by atoms with Crippen molar-refractivity contribution in [3.8, 4) is 0 Å². The van der Waals surface area contributed by atoms with Gasteiger partial charge in [-0.05, 0) is 62.2 Å². The average Bonchev–Trinajstić information content (AvgIpc) is 2.95. The molecule has 2 aromatic carbocycles. The number of nitrogens with one attached hydrogen (secondary N) is 2. The number of carbonyl (C=O) groups is 2. The lowest BCUT2D eigenvalue weighted by atomic mass is 10.1. The highest BCUT2D eigenvalue weighted by Crippen LogP contribution is 2.16. The zero-order chi connectivity index (χ0) is 21.5. The number of carbonyl (C=O) groups excluding carboxylic acids is 2. The van der Waals surface area contributed by atoms with Gasteiger partial charge in [0.15, 0.2) is 0 Å². The van der Waals surface area contributed by atoms with E-state index in [1.54, 1.807) is 24.3 Å². The normalized spacial score (nSPS) is 15.0. The summed E-state index contributed by atoms with van der Waals surface area (Å²) >= 11 is 5.97. The van der Waals surface area contributed by atoms with Gasteiger partial charge in [-0.1, -0.05) is 23.7 Å². The van der Waals surface area contributed by atoms with Crippen molar-refractivity contribution < 1.29 is 9.59 Å². The van der Waals surface area contributed by atoms with E-state index in [2.05, 4.69) is 15.5 Å². The van der Waals surface area contributed by atoms with E-state index in [4.69, 9.17) is 11.6 Å². The number of anilines is 1. The fourth-order valence-corrected chi connectivity index (χ4v) is 3.61. The summed E-state index contributed by atoms with van der Waals surface area (Å²) in [6, 6.07) is 14.8. The first-order valence-corrected chi connectivity index (χ1v) is 10.7. The van der Waals surface area contributed by atoms with E-state index in [1.807, 2.05) is 43.0 Å². The van der Waals surface area contributed by atoms with Gasteiger partial charge in [0.2, 0.25) is 0 Å². The lowest BCUT2D eigenvalue weighted by Crippen LogP contribution is -2.35. The Labute approximate surface area is 183 Å². The van der Waals surface area contributed by atoms with Gasteiger partial charge in [-0.3, -0.25) is 9.69 Å². The lowest BCUT2D eigenvalue weighted by molar-refractivity contribution is 0.0761. The van der Waals surface area contributed by atoms with Crippen LogP contribution in [0.25, 0.3) is 0 Å². The Kier molecular flexibility index (Phi) is 7.71. The highest BCUT2D eigenvalue weighted by molar-refractivity contribution is 6.30. The van der Waals surface area contributed by atoms with Gasteiger partial charge in [0.1, 0.15) is 0 Å². The lowest BCUT2D eigenvalue weighted by Gasteiger charge is -2.22. The molecule has 1 fully saturated rings. The summed E-state index contributed by atoms with van der Waals surface area (Å²) in [7, 11) is 0. The third kappa shape index (κ3) is 6.47. The third-order valence-electron chi connectivity index (χ3n) is 5.00. The molecule has 0 saturated carbocycles. The van der Waals surface area contributed by atoms with Crippen LogP contribution in [-0.4, -0.2) is 54.0 Å². The predicted molar refractivity (Wildman–Crippen MR) is 121 cm³/mol. The van der Waals surface area contributed by atoms with Crippen LogP contribution in [0.3, 0.4) is 0 Å². The zero-order valence-electron chi connectivity index (χ0n) is 17.5. The maximum absolute atomic E-state index is 12.9.